The number of nitrogens with zero attached hydrogens (tertiary/aromatic N) is 3. The molecule has 0 bridgehead atoms. The molecule has 1 aromatic heterocycles. The molecule has 1 aliphatic heterocycles. The number of hydrogen-bond donors (Lipinski definition) is 1. The number of anilines is 1. The Balaban J connectivity index is 1.66. The van der Waals surface area contributed by atoms with Gasteiger partial charge in [-0.1, -0.05) is 11.6 Å². The van der Waals surface area contributed by atoms with Crippen LogP contribution in [-0.2, 0) is 6.54 Å². The summed E-state index contributed by atoms with van der Waals surface area (Å²) in [5.74, 6) is 0.928. The first-order valence-corrected chi connectivity index (χ1v) is 8.36. The lowest BCUT2D eigenvalue weighted by molar-refractivity contribution is 0.0678. The first-order chi connectivity index (χ1) is 11.6. The normalized spacial score (nSPS) is 15.5. The first kappa shape index (κ1) is 16.6. The highest BCUT2D eigenvalue weighted by molar-refractivity contribution is 6.33. The van der Waals surface area contributed by atoms with Gasteiger partial charge in [-0.2, -0.15) is 5.10 Å². The molecule has 0 radical (unpaired) electrons. The van der Waals surface area contributed by atoms with E-state index in [9.17, 15) is 4.79 Å². The Morgan fingerprint density at radius 2 is 2.17 bits per heavy atom. The lowest BCUT2D eigenvalue weighted by atomic mass is 9.96. The van der Waals surface area contributed by atoms with Crippen molar-refractivity contribution in [3.63, 3.8) is 0 Å². The van der Waals surface area contributed by atoms with Crippen LogP contribution in [0.25, 0.3) is 0 Å². The van der Waals surface area contributed by atoms with Crippen LogP contribution < -0.4 is 10.5 Å². The fourth-order valence-electron chi connectivity index (χ4n) is 3.07. The third-order valence-corrected chi connectivity index (χ3v) is 4.78. The number of carbonyl (C=O) groups excluding carboxylic acids is 1. The summed E-state index contributed by atoms with van der Waals surface area (Å²) in [5, 5.41) is 4.61. The van der Waals surface area contributed by atoms with Crippen molar-refractivity contribution in [3.05, 3.63) is 41.2 Å². The van der Waals surface area contributed by atoms with Crippen molar-refractivity contribution in [2.45, 2.75) is 19.4 Å². The van der Waals surface area contributed by atoms with Gasteiger partial charge >= 0.3 is 0 Å². The maximum atomic E-state index is 12.8. The fourth-order valence-corrected chi connectivity index (χ4v) is 3.23. The van der Waals surface area contributed by atoms with E-state index in [1.54, 1.807) is 18.3 Å². The second-order valence-corrected chi connectivity index (χ2v) is 6.44. The van der Waals surface area contributed by atoms with Gasteiger partial charge in [-0.25, -0.2) is 0 Å². The molecule has 2 N–H and O–H groups in total. The number of ether oxygens (including phenoxy) is 1. The van der Waals surface area contributed by atoms with E-state index in [-0.39, 0.29) is 5.91 Å². The number of methoxy groups -OCH3 is 1. The Bertz CT molecular complexity index is 710. The molecule has 0 aliphatic carbocycles. The van der Waals surface area contributed by atoms with Crippen molar-refractivity contribution in [2.75, 3.05) is 25.9 Å². The second kappa shape index (κ2) is 7.13. The fraction of sp³-hybridized carbons (Fsp3) is 0.412. The molecule has 1 aromatic carbocycles. The number of rotatable bonds is 4. The molecule has 2 heterocycles. The minimum Gasteiger partial charge on any atom is -0.496 e. The summed E-state index contributed by atoms with van der Waals surface area (Å²) < 4.78 is 7.24. The number of aromatic nitrogens is 2. The Hall–Kier alpha value is -2.21. The van der Waals surface area contributed by atoms with E-state index >= 15 is 0 Å². The van der Waals surface area contributed by atoms with Gasteiger partial charge in [0, 0.05) is 38.1 Å². The summed E-state index contributed by atoms with van der Waals surface area (Å²) in [6, 6.07) is 5.11. The van der Waals surface area contributed by atoms with Crippen molar-refractivity contribution in [3.8, 4) is 5.75 Å². The van der Waals surface area contributed by atoms with E-state index in [4.69, 9.17) is 22.1 Å². The smallest absolute Gasteiger partial charge is 0.257 e. The third kappa shape index (κ3) is 3.48. The number of halogens is 1. The van der Waals surface area contributed by atoms with Crippen LogP contribution in [-0.4, -0.2) is 40.8 Å². The summed E-state index contributed by atoms with van der Waals surface area (Å²) in [4.78, 5) is 14.6. The number of carbonyl (C=O) groups is 1. The average Bonchev–Trinajstić information content (AvgIpc) is 3.10. The number of benzene rings is 1. The lowest BCUT2D eigenvalue weighted by Gasteiger charge is -2.32. The number of hydrogen-bond acceptors (Lipinski definition) is 4. The van der Waals surface area contributed by atoms with Gasteiger partial charge in [0.05, 0.1) is 23.4 Å². The zero-order valence-corrected chi connectivity index (χ0v) is 14.4. The van der Waals surface area contributed by atoms with Crippen LogP contribution in [0.2, 0.25) is 5.02 Å². The van der Waals surface area contributed by atoms with Crippen molar-refractivity contribution >= 4 is 23.2 Å². The number of likely N-dealkylation sites (tertiary alicyclic amines) is 1. The van der Waals surface area contributed by atoms with E-state index in [1.165, 1.54) is 7.11 Å². The Labute approximate surface area is 146 Å². The molecule has 0 spiro atoms. The van der Waals surface area contributed by atoms with Crippen LogP contribution in [0.4, 0.5) is 5.69 Å². The molecule has 128 valence electrons. The van der Waals surface area contributed by atoms with Crippen LogP contribution in [0, 0.1) is 5.92 Å². The Morgan fingerprint density at radius 1 is 1.42 bits per heavy atom. The van der Waals surface area contributed by atoms with Gasteiger partial charge < -0.3 is 15.4 Å². The largest absolute Gasteiger partial charge is 0.496 e. The van der Waals surface area contributed by atoms with Crippen LogP contribution in [0.1, 0.15) is 23.2 Å². The van der Waals surface area contributed by atoms with Crippen molar-refractivity contribution < 1.29 is 9.53 Å². The van der Waals surface area contributed by atoms with Gasteiger partial charge in [0.2, 0.25) is 0 Å². The van der Waals surface area contributed by atoms with Crippen LogP contribution in [0.3, 0.4) is 0 Å². The van der Waals surface area contributed by atoms with Gasteiger partial charge in [0.15, 0.2) is 0 Å². The van der Waals surface area contributed by atoms with Gasteiger partial charge in [-0.05, 0) is 30.9 Å². The van der Waals surface area contributed by atoms with Gasteiger partial charge in [0.25, 0.3) is 5.91 Å². The van der Waals surface area contributed by atoms with Crippen LogP contribution >= 0.6 is 11.6 Å². The summed E-state index contributed by atoms with van der Waals surface area (Å²) in [6.45, 7) is 2.33. The summed E-state index contributed by atoms with van der Waals surface area (Å²) in [5.41, 5.74) is 6.65. The molecule has 1 fully saturated rings. The van der Waals surface area contributed by atoms with Crippen molar-refractivity contribution in [2.24, 2.45) is 5.92 Å². The van der Waals surface area contributed by atoms with E-state index in [1.807, 2.05) is 21.8 Å². The third-order valence-electron chi connectivity index (χ3n) is 4.46. The first-order valence-electron chi connectivity index (χ1n) is 7.98. The highest BCUT2D eigenvalue weighted by atomic mass is 35.5. The average molecular weight is 349 g/mol. The molecule has 2 aromatic rings. The molecule has 6 nitrogen and oxygen atoms in total. The SMILES string of the molecule is COc1cc(N)c(Cl)cc1C(=O)N1CCC(Cn2cccn2)CC1. The predicted molar refractivity (Wildman–Crippen MR) is 93.3 cm³/mol. The molecule has 1 saturated heterocycles. The van der Waals surface area contributed by atoms with E-state index in [2.05, 4.69) is 5.10 Å². The zero-order chi connectivity index (χ0) is 17.1. The maximum Gasteiger partial charge on any atom is 0.257 e. The van der Waals surface area contributed by atoms with Gasteiger partial charge in [-0.15, -0.1) is 0 Å². The van der Waals surface area contributed by atoms with E-state index in [0.717, 1.165) is 32.5 Å². The zero-order valence-electron chi connectivity index (χ0n) is 13.6. The molecule has 1 aliphatic rings. The van der Waals surface area contributed by atoms with E-state index < -0.39 is 0 Å². The monoisotopic (exact) mass is 348 g/mol. The molecule has 0 saturated carbocycles. The number of nitrogens with two attached hydrogens (primary N) is 1. The van der Waals surface area contributed by atoms with Crippen molar-refractivity contribution in [1.82, 2.24) is 14.7 Å². The maximum absolute atomic E-state index is 12.8. The Morgan fingerprint density at radius 3 is 2.79 bits per heavy atom. The van der Waals surface area contributed by atoms with Crippen molar-refractivity contribution in [1.29, 1.82) is 0 Å². The molecule has 3 rings (SSSR count). The van der Waals surface area contributed by atoms with E-state index in [0.29, 0.717) is 27.9 Å². The summed E-state index contributed by atoms with van der Waals surface area (Å²) >= 11 is 6.07. The predicted octanol–water partition coefficient (Wildman–Crippen LogP) is 2.68. The minimum atomic E-state index is -0.0636. The number of amides is 1. The summed E-state index contributed by atoms with van der Waals surface area (Å²) in [6.07, 6.45) is 5.67. The standard InChI is InChI=1S/C17H21ClN4O2/c1-24-16-10-15(19)14(18)9-13(16)17(23)21-7-3-12(4-8-21)11-22-6-2-5-20-22/h2,5-6,9-10,12H,3-4,7-8,11,19H2,1H3. The van der Waals surface area contributed by atoms with Crippen LogP contribution in [0.5, 0.6) is 5.75 Å². The van der Waals surface area contributed by atoms with Gasteiger partial charge in [0.1, 0.15) is 5.75 Å². The molecule has 7 heteroatoms. The molecule has 1 amide bonds. The Kier molecular flexibility index (Phi) is 4.94. The highest BCUT2D eigenvalue weighted by Gasteiger charge is 2.26. The lowest BCUT2D eigenvalue weighted by Crippen LogP contribution is -2.39. The molecular formula is C17H21ClN4O2. The van der Waals surface area contributed by atoms with Crippen LogP contribution in [0.15, 0.2) is 30.6 Å². The molecule has 0 unspecified atom stereocenters. The highest BCUT2D eigenvalue weighted by Crippen LogP contribution is 2.31. The second-order valence-electron chi connectivity index (χ2n) is 6.04. The molecular weight excluding hydrogens is 328 g/mol. The minimum absolute atomic E-state index is 0.0636. The molecule has 0 atom stereocenters. The topological polar surface area (TPSA) is 73.4 Å². The summed E-state index contributed by atoms with van der Waals surface area (Å²) in [7, 11) is 1.52. The number of nitrogen functional groups attached to an aromatic ring is 1. The quantitative estimate of drug-likeness (QED) is 0.862. The molecule has 24 heavy (non-hydrogen) atoms. The number of piperidine rings is 1. The van der Waals surface area contributed by atoms with Gasteiger partial charge in [-0.3, -0.25) is 9.48 Å².